The van der Waals surface area contributed by atoms with Crippen molar-refractivity contribution in [1.82, 2.24) is 10.3 Å². The molecule has 2 aromatic rings. The molecule has 1 aromatic heterocycles. The molecule has 1 fully saturated rings. The van der Waals surface area contributed by atoms with Crippen LogP contribution < -0.4 is 5.32 Å². The Morgan fingerprint density at radius 3 is 2.56 bits per heavy atom. The lowest BCUT2D eigenvalue weighted by Gasteiger charge is -2.31. The molecule has 1 N–H and O–H groups in total. The quantitative estimate of drug-likeness (QED) is 0.684. The maximum atomic E-state index is 13.7. The molecular weight excluding hydrogens is 317 g/mol. The van der Waals surface area contributed by atoms with Gasteiger partial charge in [-0.25, -0.2) is 4.39 Å². The van der Waals surface area contributed by atoms with Gasteiger partial charge in [-0.3, -0.25) is 9.78 Å². The highest BCUT2D eigenvalue weighted by molar-refractivity contribution is 6.02. The standard InChI is InChI=1S/C20H18FN3O/c21-17-9-6-12-23-18(17)13-15(14-22)19(25)24-20(10-4-5-11-20)16-7-2-1-3-8-16/h1-3,6-9,12-13H,4-5,10-11H2,(H,24,25)/b15-13+. The van der Waals surface area contributed by atoms with Gasteiger partial charge in [-0.15, -0.1) is 0 Å². The fourth-order valence-corrected chi connectivity index (χ4v) is 3.30. The van der Waals surface area contributed by atoms with E-state index in [-0.39, 0.29) is 11.3 Å². The van der Waals surface area contributed by atoms with Crippen LogP contribution in [0.15, 0.2) is 54.2 Å². The smallest absolute Gasteiger partial charge is 0.262 e. The number of amides is 1. The molecule has 1 aromatic carbocycles. The van der Waals surface area contributed by atoms with Crippen LogP contribution in [0.1, 0.15) is 36.9 Å². The van der Waals surface area contributed by atoms with E-state index in [1.54, 1.807) is 0 Å². The van der Waals surface area contributed by atoms with E-state index in [9.17, 15) is 14.4 Å². The summed E-state index contributed by atoms with van der Waals surface area (Å²) in [5, 5.41) is 12.4. The molecule has 1 amide bonds. The molecule has 0 spiro atoms. The Hall–Kier alpha value is -3.00. The minimum absolute atomic E-state index is 0.0191. The normalized spacial score (nSPS) is 16.2. The predicted molar refractivity (Wildman–Crippen MR) is 92.5 cm³/mol. The molecular formula is C20H18FN3O. The molecule has 0 saturated heterocycles. The zero-order valence-corrected chi connectivity index (χ0v) is 13.7. The number of nitriles is 1. The summed E-state index contributed by atoms with van der Waals surface area (Å²) >= 11 is 0. The molecule has 0 atom stereocenters. The van der Waals surface area contributed by atoms with Crippen LogP contribution in [0.4, 0.5) is 4.39 Å². The van der Waals surface area contributed by atoms with Gasteiger partial charge in [0, 0.05) is 6.20 Å². The maximum absolute atomic E-state index is 13.7. The van der Waals surface area contributed by atoms with Gasteiger partial charge in [0.2, 0.25) is 0 Å². The highest BCUT2D eigenvalue weighted by Gasteiger charge is 2.37. The lowest BCUT2D eigenvalue weighted by atomic mass is 9.88. The minimum Gasteiger partial charge on any atom is -0.342 e. The summed E-state index contributed by atoms with van der Waals surface area (Å²) in [6.45, 7) is 0. The average Bonchev–Trinajstić information content (AvgIpc) is 3.11. The second kappa shape index (κ2) is 7.27. The lowest BCUT2D eigenvalue weighted by molar-refractivity contribution is -0.119. The number of nitrogens with zero attached hydrogens (tertiary/aromatic N) is 2. The fraction of sp³-hybridized carbons (Fsp3) is 0.250. The molecule has 4 nitrogen and oxygen atoms in total. The van der Waals surface area contributed by atoms with Crippen LogP contribution in [0.2, 0.25) is 0 Å². The average molecular weight is 335 g/mol. The second-order valence-electron chi connectivity index (χ2n) is 6.15. The van der Waals surface area contributed by atoms with Crippen molar-refractivity contribution in [3.05, 3.63) is 71.3 Å². The monoisotopic (exact) mass is 335 g/mol. The van der Waals surface area contributed by atoms with Gasteiger partial charge >= 0.3 is 0 Å². The number of hydrogen-bond donors (Lipinski definition) is 1. The maximum Gasteiger partial charge on any atom is 0.262 e. The molecule has 3 rings (SSSR count). The van der Waals surface area contributed by atoms with Gasteiger partial charge in [-0.05, 0) is 36.6 Å². The van der Waals surface area contributed by atoms with Crippen molar-refractivity contribution >= 4 is 12.0 Å². The van der Waals surface area contributed by atoms with E-state index in [1.165, 1.54) is 24.4 Å². The molecule has 25 heavy (non-hydrogen) atoms. The number of halogens is 1. The van der Waals surface area contributed by atoms with Crippen molar-refractivity contribution in [3.8, 4) is 6.07 Å². The Kier molecular flexibility index (Phi) is 4.90. The van der Waals surface area contributed by atoms with Gasteiger partial charge in [-0.2, -0.15) is 5.26 Å². The summed E-state index contributed by atoms with van der Waals surface area (Å²) in [5.74, 6) is -1.07. The van der Waals surface area contributed by atoms with Crippen LogP contribution in [0.3, 0.4) is 0 Å². The molecule has 0 bridgehead atoms. The highest BCUT2D eigenvalue weighted by atomic mass is 19.1. The number of carbonyl (C=O) groups excluding carboxylic acids is 1. The highest BCUT2D eigenvalue weighted by Crippen LogP contribution is 2.38. The van der Waals surface area contributed by atoms with Crippen LogP contribution in [0, 0.1) is 17.1 Å². The lowest BCUT2D eigenvalue weighted by Crippen LogP contribution is -2.44. The third kappa shape index (κ3) is 3.58. The summed E-state index contributed by atoms with van der Waals surface area (Å²) < 4.78 is 13.7. The summed E-state index contributed by atoms with van der Waals surface area (Å²) in [6, 6.07) is 14.3. The number of carbonyl (C=O) groups is 1. The van der Waals surface area contributed by atoms with E-state index in [0.29, 0.717) is 0 Å². The number of pyridine rings is 1. The molecule has 5 heteroatoms. The largest absolute Gasteiger partial charge is 0.342 e. The topological polar surface area (TPSA) is 65.8 Å². The molecule has 1 aliphatic rings. The summed E-state index contributed by atoms with van der Waals surface area (Å²) in [4.78, 5) is 16.5. The van der Waals surface area contributed by atoms with Crippen molar-refractivity contribution in [2.75, 3.05) is 0 Å². The Labute approximate surface area is 146 Å². The van der Waals surface area contributed by atoms with E-state index in [0.717, 1.165) is 31.2 Å². The summed E-state index contributed by atoms with van der Waals surface area (Å²) in [7, 11) is 0. The van der Waals surface area contributed by atoms with Crippen LogP contribution in [-0.2, 0) is 10.3 Å². The van der Waals surface area contributed by atoms with Gasteiger partial charge in [0.1, 0.15) is 23.2 Å². The first-order chi connectivity index (χ1) is 12.1. The van der Waals surface area contributed by atoms with E-state index in [1.807, 2.05) is 36.4 Å². The minimum atomic E-state index is -0.568. The molecule has 126 valence electrons. The van der Waals surface area contributed by atoms with Crippen molar-refractivity contribution in [2.45, 2.75) is 31.2 Å². The van der Waals surface area contributed by atoms with Gasteiger partial charge in [0.25, 0.3) is 5.91 Å². The number of aromatic nitrogens is 1. The molecule has 0 aliphatic heterocycles. The Balaban J connectivity index is 1.89. The molecule has 0 radical (unpaired) electrons. The Bertz CT molecular complexity index is 834. The third-order valence-electron chi connectivity index (χ3n) is 4.57. The number of hydrogen-bond acceptors (Lipinski definition) is 3. The Morgan fingerprint density at radius 1 is 1.20 bits per heavy atom. The third-order valence-corrected chi connectivity index (χ3v) is 4.57. The van der Waals surface area contributed by atoms with E-state index < -0.39 is 17.3 Å². The molecule has 1 aliphatic carbocycles. The van der Waals surface area contributed by atoms with Gasteiger partial charge < -0.3 is 5.32 Å². The van der Waals surface area contributed by atoms with Crippen molar-refractivity contribution < 1.29 is 9.18 Å². The summed E-state index contributed by atoms with van der Waals surface area (Å²) in [5.41, 5.74) is 0.382. The number of nitrogens with one attached hydrogen (secondary N) is 1. The van der Waals surface area contributed by atoms with Crippen molar-refractivity contribution in [3.63, 3.8) is 0 Å². The van der Waals surface area contributed by atoms with Gasteiger partial charge in [0.05, 0.1) is 5.54 Å². The molecule has 1 saturated carbocycles. The van der Waals surface area contributed by atoms with E-state index in [4.69, 9.17) is 0 Å². The van der Waals surface area contributed by atoms with Gasteiger partial charge in [-0.1, -0.05) is 43.2 Å². The first kappa shape index (κ1) is 16.8. The molecule has 1 heterocycles. The zero-order chi connectivity index (χ0) is 17.7. The van der Waals surface area contributed by atoms with Crippen molar-refractivity contribution in [1.29, 1.82) is 5.26 Å². The first-order valence-corrected chi connectivity index (χ1v) is 8.25. The second-order valence-corrected chi connectivity index (χ2v) is 6.15. The zero-order valence-electron chi connectivity index (χ0n) is 13.7. The Morgan fingerprint density at radius 2 is 1.92 bits per heavy atom. The SMILES string of the molecule is N#C/C(=C\c1ncccc1F)C(=O)NC1(c2ccccc2)CCCC1. The fourth-order valence-electron chi connectivity index (χ4n) is 3.30. The predicted octanol–water partition coefficient (Wildman–Crippen LogP) is 3.71. The molecule has 0 unspecified atom stereocenters. The first-order valence-electron chi connectivity index (χ1n) is 8.25. The number of rotatable bonds is 4. The summed E-state index contributed by atoms with van der Waals surface area (Å²) in [6.07, 6.45) is 6.27. The van der Waals surface area contributed by atoms with Crippen LogP contribution >= 0.6 is 0 Å². The van der Waals surface area contributed by atoms with E-state index in [2.05, 4.69) is 10.3 Å². The van der Waals surface area contributed by atoms with Crippen LogP contribution in [-0.4, -0.2) is 10.9 Å². The van der Waals surface area contributed by atoms with Crippen LogP contribution in [0.25, 0.3) is 6.08 Å². The van der Waals surface area contributed by atoms with Crippen molar-refractivity contribution in [2.24, 2.45) is 0 Å². The number of benzene rings is 1. The van der Waals surface area contributed by atoms with E-state index >= 15 is 0 Å². The van der Waals surface area contributed by atoms with Gasteiger partial charge in [0.15, 0.2) is 0 Å². The van der Waals surface area contributed by atoms with Crippen LogP contribution in [0.5, 0.6) is 0 Å².